The van der Waals surface area contributed by atoms with Gasteiger partial charge in [-0.2, -0.15) is 0 Å². The van der Waals surface area contributed by atoms with Crippen LogP contribution in [0.5, 0.6) is 0 Å². The van der Waals surface area contributed by atoms with E-state index in [0.717, 1.165) is 39.6 Å². The fourth-order valence-corrected chi connectivity index (χ4v) is 7.59. The van der Waals surface area contributed by atoms with E-state index in [4.69, 9.17) is 9.97 Å². The SMILES string of the molecule is c1ccc(-c2cc(-c3ccc4c(c3)c3ccccc3n4-c3ccccc3)nc(-c3cccc4c3sc3ccccc34)n2)cc1. The van der Waals surface area contributed by atoms with E-state index in [9.17, 15) is 0 Å². The van der Waals surface area contributed by atoms with Gasteiger partial charge >= 0.3 is 0 Å². The molecule has 4 heteroatoms. The second kappa shape index (κ2) is 10.0. The molecule has 0 spiro atoms. The van der Waals surface area contributed by atoms with Gasteiger partial charge in [-0.1, -0.05) is 103 Å². The van der Waals surface area contributed by atoms with Crippen LogP contribution >= 0.6 is 11.3 Å². The molecule has 3 nitrogen and oxygen atoms in total. The molecule has 3 aromatic heterocycles. The first-order valence-electron chi connectivity index (χ1n) is 14.8. The molecular formula is C40H25N3S. The fraction of sp³-hybridized carbons (Fsp3) is 0. The molecule has 9 rings (SSSR count). The van der Waals surface area contributed by atoms with Crippen molar-refractivity contribution in [1.82, 2.24) is 14.5 Å². The molecule has 0 radical (unpaired) electrons. The lowest BCUT2D eigenvalue weighted by Gasteiger charge is -2.11. The molecule has 0 saturated carbocycles. The number of aromatic nitrogens is 3. The molecule has 0 aliphatic carbocycles. The van der Waals surface area contributed by atoms with Crippen LogP contribution in [0.1, 0.15) is 0 Å². The van der Waals surface area contributed by atoms with Crippen LogP contribution in [-0.2, 0) is 0 Å². The number of hydrogen-bond donors (Lipinski definition) is 0. The quantitative estimate of drug-likeness (QED) is 0.208. The molecule has 0 aliphatic rings. The maximum atomic E-state index is 5.26. The number of thiophene rings is 1. The summed E-state index contributed by atoms with van der Waals surface area (Å²) in [7, 11) is 0. The van der Waals surface area contributed by atoms with Gasteiger partial charge in [0.1, 0.15) is 0 Å². The van der Waals surface area contributed by atoms with E-state index >= 15 is 0 Å². The molecule has 0 saturated heterocycles. The number of benzene rings is 6. The van der Waals surface area contributed by atoms with Gasteiger partial charge in [0.05, 0.1) is 22.4 Å². The largest absolute Gasteiger partial charge is 0.309 e. The molecule has 44 heavy (non-hydrogen) atoms. The zero-order valence-electron chi connectivity index (χ0n) is 23.7. The summed E-state index contributed by atoms with van der Waals surface area (Å²) in [5.74, 6) is 0.741. The summed E-state index contributed by atoms with van der Waals surface area (Å²) in [6.45, 7) is 0. The normalized spacial score (nSPS) is 11.6. The summed E-state index contributed by atoms with van der Waals surface area (Å²) >= 11 is 1.81. The van der Waals surface area contributed by atoms with Gasteiger partial charge in [-0.15, -0.1) is 11.3 Å². The number of nitrogens with zero attached hydrogens (tertiary/aromatic N) is 3. The lowest BCUT2D eigenvalue weighted by molar-refractivity contribution is 1.18. The van der Waals surface area contributed by atoms with E-state index in [0.29, 0.717) is 0 Å². The minimum Gasteiger partial charge on any atom is -0.309 e. The van der Waals surface area contributed by atoms with Gasteiger partial charge in [0.25, 0.3) is 0 Å². The molecule has 3 heterocycles. The minimum absolute atomic E-state index is 0.741. The average Bonchev–Trinajstić information content (AvgIpc) is 3.64. The smallest absolute Gasteiger partial charge is 0.161 e. The first-order valence-corrected chi connectivity index (χ1v) is 15.6. The van der Waals surface area contributed by atoms with Crippen molar-refractivity contribution >= 4 is 53.3 Å². The number of hydrogen-bond acceptors (Lipinski definition) is 3. The van der Waals surface area contributed by atoms with Gasteiger partial charge in [-0.3, -0.25) is 0 Å². The van der Waals surface area contributed by atoms with Gasteiger partial charge in [-0.05, 0) is 48.5 Å². The average molecular weight is 580 g/mol. The minimum atomic E-state index is 0.741. The van der Waals surface area contributed by atoms with Crippen LogP contribution in [0, 0.1) is 0 Å². The Morgan fingerprint density at radius 1 is 0.455 bits per heavy atom. The second-order valence-corrected chi connectivity index (χ2v) is 12.1. The lowest BCUT2D eigenvalue weighted by Crippen LogP contribution is -1.96. The summed E-state index contributed by atoms with van der Waals surface area (Å²) in [6, 6.07) is 53.5. The summed E-state index contributed by atoms with van der Waals surface area (Å²) < 4.78 is 4.83. The Morgan fingerprint density at radius 2 is 1.11 bits per heavy atom. The number of para-hydroxylation sites is 2. The third-order valence-electron chi connectivity index (χ3n) is 8.42. The molecule has 0 fully saturated rings. The monoisotopic (exact) mass is 579 g/mol. The second-order valence-electron chi connectivity index (χ2n) is 11.0. The third-order valence-corrected chi connectivity index (χ3v) is 9.64. The predicted octanol–water partition coefficient (Wildman–Crippen LogP) is 10.9. The van der Waals surface area contributed by atoms with Crippen LogP contribution in [0.4, 0.5) is 0 Å². The van der Waals surface area contributed by atoms with E-state index in [-0.39, 0.29) is 0 Å². The first-order chi connectivity index (χ1) is 21.8. The molecule has 0 aliphatic heterocycles. The van der Waals surface area contributed by atoms with Crippen molar-refractivity contribution in [2.75, 3.05) is 0 Å². The molecule has 206 valence electrons. The van der Waals surface area contributed by atoms with E-state index < -0.39 is 0 Å². The van der Waals surface area contributed by atoms with E-state index in [1.165, 1.54) is 42.0 Å². The highest BCUT2D eigenvalue weighted by Crippen LogP contribution is 2.40. The van der Waals surface area contributed by atoms with Crippen molar-refractivity contribution in [2.45, 2.75) is 0 Å². The van der Waals surface area contributed by atoms with Gasteiger partial charge in [-0.25, -0.2) is 9.97 Å². The van der Waals surface area contributed by atoms with Crippen LogP contribution < -0.4 is 0 Å². The van der Waals surface area contributed by atoms with Crippen LogP contribution in [0.2, 0.25) is 0 Å². The fourth-order valence-electron chi connectivity index (χ4n) is 6.38. The Balaban J connectivity index is 1.29. The van der Waals surface area contributed by atoms with Crippen LogP contribution in [0.25, 0.3) is 81.6 Å². The lowest BCUT2D eigenvalue weighted by atomic mass is 10.0. The zero-order chi connectivity index (χ0) is 29.0. The Kier molecular flexibility index (Phi) is 5.68. The highest BCUT2D eigenvalue weighted by Gasteiger charge is 2.17. The van der Waals surface area contributed by atoms with Crippen LogP contribution in [0.15, 0.2) is 152 Å². The van der Waals surface area contributed by atoms with E-state index in [1.54, 1.807) is 0 Å². The maximum Gasteiger partial charge on any atom is 0.161 e. The molecule has 0 unspecified atom stereocenters. The summed E-state index contributed by atoms with van der Waals surface area (Å²) in [4.78, 5) is 10.4. The molecule has 0 N–H and O–H groups in total. The topological polar surface area (TPSA) is 30.7 Å². The summed E-state index contributed by atoms with van der Waals surface area (Å²) in [5, 5.41) is 4.94. The third kappa shape index (κ3) is 3.96. The van der Waals surface area contributed by atoms with E-state index in [2.05, 4.69) is 150 Å². The van der Waals surface area contributed by atoms with Crippen molar-refractivity contribution in [3.63, 3.8) is 0 Å². The number of fused-ring (bicyclic) bond motifs is 6. The summed E-state index contributed by atoms with van der Waals surface area (Å²) in [5.41, 5.74) is 8.54. The predicted molar refractivity (Wildman–Crippen MR) is 186 cm³/mol. The Hall–Kier alpha value is -5.58. The molecule has 0 atom stereocenters. The highest BCUT2D eigenvalue weighted by molar-refractivity contribution is 7.26. The Labute approximate surface area is 258 Å². The van der Waals surface area contributed by atoms with Crippen molar-refractivity contribution in [1.29, 1.82) is 0 Å². The molecule has 0 bridgehead atoms. The van der Waals surface area contributed by atoms with Crippen LogP contribution in [0.3, 0.4) is 0 Å². The highest BCUT2D eigenvalue weighted by atomic mass is 32.1. The number of rotatable bonds is 4. The Morgan fingerprint density at radius 3 is 1.95 bits per heavy atom. The molecule has 0 amide bonds. The standard InChI is InChI=1S/C40H25N3S/c1-3-12-26(13-4-1)34-25-35(42-40(41-34)32-19-11-18-31-30-17-8-10-21-38(30)44-39(31)32)27-22-23-37-33(24-27)29-16-7-9-20-36(29)43(37)28-14-5-2-6-15-28/h1-25H. The van der Waals surface area contributed by atoms with Crippen molar-refractivity contribution < 1.29 is 0 Å². The zero-order valence-corrected chi connectivity index (χ0v) is 24.5. The van der Waals surface area contributed by atoms with Crippen LogP contribution in [-0.4, -0.2) is 14.5 Å². The first kappa shape index (κ1) is 25.0. The molecular weight excluding hydrogens is 555 g/mol. The summed E-state index contributed by atoms with van der Waals surface area (Å²) in [6.07, 6.45) is 0. The maximum absolute atomic E-state index is 5.26. The Bertz CT molecular complexity index is 2490. The molecule has 9 aromatic rings. The van der Waals surface area contributed by atoms with Gasteiger partial charge < -0.3 is 4.57 Å². The van der Waals surface area contributed by atoms with Gasteiger partial charge in [0.15, 0.2) is 5.82 Å². The van der Waals surface area contributed by atoms with Gasteiger partial charge in [0.2, 0.25) is 0 Å². The van der Waals surface area contributed by atoms with E-state index in [1.807, 2.05) is 17.4 Å². The van der Waals surface area contributed by atoms with Gasteiger partial charge in [0, 0.05) is 53.3 Å². The van der Waals surface area contributed by atoms with Crippen molar-refractivity contribution in [3.8, 4) is 39.6 Å². The van der Waals surface area contributed by atoms with Crippen molar-refractivity contribution in [2.24, 2.45) is 0 Å². The van der Waals surface area contributed by atoms with Crippen molar-refractivity contribution in [3.05, 3.63) is 152 Å². The molecule has 6 aromatic carbocycles.